The zero-order valence-corrected chi connectivity index (χ0v) is 12.4. The van der Waals surface area contributed by atoms with E-state index in [4.69, 9.17) is 11.6 Å². The van der Waals surface area contributed by atoms with Gasteiger partial charge in [0.25, 0.3) is 0 Å². The average molecular weight is 370 g/mol. The van der Waals surface area contributed by atoms with Crippen LogP contribution < -0.4 is 4.72 Å². The van der Waals surface area contributed by atoms with E-state index < -0.39 is 39.2 Å². The molecule has 0 heterocycles. The Bertz CT molecular complexity index is 597. The Kier molecular flexibility index (Phi) is 5.41. The monoisotopic (exact) mass is 369 g/mol. The molecule has 0 amide bonds. The van der Waals surface area contributed by atoms with Crippen LogP contribution >= 0.6 is 11.6 Å². The summed E-state index contributed by atoms with van der Waals surface area (Å²) in [5.41, 5.74) is 0. The van der Waals surface area contributed by atoms with Gasteiger partial charge in [0.2, 0.25) is 10.0 Å². The van der Waals surface area contributed by atoms with E-state index in [1.807, 2.05) is 0 Å². The number of alkyl halides is 6. The van der Waals surface area contributed by atoms with Crippen LogP contribution in [0.25, 0.3) is 0 Å². The summed E-state index contributed by atoms with van der Waals surface area (Å²) in [6, 6.07) is 1.79. The molecule has 1 N–H and O–H groups in total. The van der Waals surface area contributed by atoms with Gasteiger partial charge in [0.15, 0.2) is 5.92 Å². The van der Waals surface area contributed by atoms with Gasteiger partial charge in [-0.1, -0.05) is 11.6 Å². The molecule has 0 spiro atoms. The van der Waals surface area contributed by atoms with E-state index >= 15 is 0 Å². The lowest BCUT2D eigenvalue weighted by molar-refractivity contribution is -0.289. The quantitative estimate of drug-likeness (QED) is 0.822. The highest BCUT2D eigenvalue weighted by atomic mass is 35.5. The lowest BCUT2D eigenvalue weighted by Crippen LogP contribution is -2.51. The molecule has 1 atom stereocenters. The zero-order valence-electron chi connectivity index (χ0n) is 10.8. The van der Waals surface area contributed by atoms with Crippen LogP contribution in [0.3, 0.4) is 0 Å². The Labute approximate surface area is 127 Å². The molecule has 1 aromatic rings. The number of rotatable bonds is 4. The van der Waals surface area contributed by atoms with Gasteiger partial charge in [-0.05, 0) is 31.2 Å². The van der Waals surface area contributed by atoms with E-state index in [0.717, 1.165) is 24.3 Å². The van der Waals surface area contributed by atoms with Gasteiger partial charge in [-0.3, -0.25) is 0 Å². The molecule has 0 fully saturated rings. The van der Waals surface area contributed by atoms with Crippen LogP contribution in [0.15, 0.2) is 29.2 Å². The number of hydrogen-bond donors (Lipinski definition) is 1. The maximum absolute atomic E-state index is 12.5. The van der Waals surface area contributed by atoms with Crippen LogP contribution in [-0.4, -0.2) is 26.8 Å². The van der Waals surface area contributed by atoms with Crippen LogP contribution in [0.1, 0.15) is 6.92 Å². The number of benzene rings is 1. The third-order valence-corrected chi connectivity index (χ3v) is 4.50. The van der Waals surface area contributed by atoms with Crippen molar-refractivity contribution >= 4 is 21.6 Å². The summed E-state index contributed by atoms with van der Waals surface area (Å²) in [6.45, 7) is 0.499. The van der Waals surface area contributed by atoms with Crippen molar-refractivity contribution < 1.29 is 34.8 Å². The van der Waals surface area contributed by atoms with E-state index in [2.05, 4.69) is 0 Å². The molecule has 1 aromatic carbocycles. The minimum absolute atomic E-state index is 0.162. The third-order valence-electron chi connectivity index (χ3n) is 2.67. The van der Waals surface area contributed by atoms with Crippen molar-refractivity contribution in [2.45, 2.75) is 30.2 Å². The fraction of sp³-hybridized carbons (Fsp3) is 0.455. The van der Waals surface area contributed by atoms with Gasteiger partial charge in [0.05, 0.1) is 4.90 Å². The van der Waals surface area contributed by atoms with E-state index in [1.165, 1.54) is 4.72 Å². The second kappa shape index (κ2) is 6.25. The van der Waals surface area contributed by atoms with Crippen LogP contribution in [0.5, 0.6) is 0 Å². The smallest absolute Gasteiger partial charge is 0.207 e. The van der Waals surface area contributed by atoms with Gasteiger partial charge < -0.3 is 0 Å². The highest BCUT2D eigenvalue weighted by Gasteiger charge is 2.59. The molecule has 1 rings (SSSR count). The summed E-state index contributed by atoms with van der Waals surface area (Å²) in [4.78, 5) is -0.494. The molecule has 0 saturated carbocycles. The molecule has 22 heavy (non-hydrogen) atoms. The fourth-order valence-corrected chi connectivity index (χ4v) is 3.13. The number of sulfonamides is 1. The lowest BCUT2D eigenvalue weighted by atomic mass is 10.0. The SMILES string of the molecule is CC(NS(=O)(=O)c1ccc(Cl)cc1)C(C(F)(F)F)C(F)(F)F. The molecule has 0 saturated heterocycles. The second-order valence-corrected chi connectivity index (χ2v) is 6.58. The minimum Gasteiger partial charge on any atom is -0.207 e. The van der Waals surface area contributed by atoms with Gasteiger partial charge in [0, 0.05) is 11.1 Å². The predicted molar refractivity (Wildman–Crippen MR) is 66.8 cm³/mol. The average Bonchev–Trinajstić information content (AvgIpc) is 2.23. The molecule has 126 valence electrons. The van der Waals surface area contributed by atoms with E-state index in [1.54, 1.807) is 0 Å². The first-order valence-electron chi connectivity index (χ1n) is 5.66. The van der Waals surface area contributed by atoms with E-state index in [-0.39, 0.29) is 5.02 Å². The normalized spacial score (nSPS) is 15.1. The highest BCUT2D eigenvalue weighted by Crippen LogP contribution is 2.41. The Morgan fingerprint density at radius 2 is 1.41 bits per heavy atom. The molecule has 0 aliphatic rings. The van der Waals surface area contributed by atoms with Gasteiger partial charge >= 0.3 is 12.4 Å². The number of halogens is 7. The molecule has 1 unspecified atom stereocenters. The molecule has 0 aromatic heterocycles. The fourth-order valence-electron chi connectivity index (χ4n) is 1.75. The van der Waals surface area contributed by atoms with Gasteiger partial charge in [-0.15, -0.1) is 0 Å². The molecule has 11 heteroatoms. The maximum atomic E-state index is 12.5. The minimum atomic E-state index is -5.64. The lowest BCUT2D eigenvalue weighted by Gasteiger charge is -2.28. The third kappa shape index (κ3) is 4.75. The number of nitrogens with one attached hydrogen (secondary N) is 1. The van der Waals surface area contributed by atoms with Crippen LogP contribution in [0.2, 0.25) is 5.02 Å². The summed E-state index contributed by atoms with van der Waals surface area (Å²) in [5, 5.41) is 0.162. The van der Waals surface area contributed by atoms with Crippen molar-refractivity contribution in [3.63, 3.8) is 0 Å². The summed E-state index contributed by atoms with van der Waals surface area (Å²) in [5.74, 6) is -3.82. The Hall–Kier alpha value is -1.00. The zero-order chi connectivity index (χ0) is 17.3. The van der Waals surface area contributed by atoms with E-state index in [9.17, 15) is 34.8 Å². The van der Waals surface area contributed by atoms with Gasteiger partial charge in [-0.25, -0.2) is 13.1 Å². The van der Waals surface area contributed by atoms with Crippen molar-refractivity contribution in [3.8, 4) is 0 Å². The summed E-state index contributed by atoms with van der Waals surface area (Å²) >= 11 is 5.52. The van der Waals surface area contributed by atoms with Crippen molar-refractivity contribution in [2.24, 2.45) is 5.92 Å². The summed E-state index contributed by atoms with van der Waals surface area (Å²) in [6.07, 6.45) is -11.3. The van der Waals surface area contributed by atoms with Crippen LogP contribution in [0.4, 0.5) is 26.3 Å². The van der Waals surface area contributed by atoms with Crippen molar-refractivity contribution in [3.05, 3.63) is 29.3 Å². The van der Waals surface area contributed by atoms with Crippen molar-refractivity contribution in [2.75, 3.05) is 0 Å². The first kappa shape index (κ1) is 19.0. The molecule has 0 aliphatic heterocycles. The standard InChI is InChI=1S/C11H10ClF6NO2S/c1-6(9(10(13,14)15)11(16,17)18)19-22(20,21)8-4-2-7(12)3-5-8/h2-6,9,19H,1H3. The van der Waals surface area contributed by atoms with Crippen LogP contribution in [0, 0.1) is 5.92 Å². The van der Waals surface area contributed by atoms with E-state index in [0.29, 0.717) is 6.92 Å². The van der Waals surface area contributed by atoms with Gasteiger partial charge in [0.1, 0.15) is 0 Å². The second-order valence-electron chi connectivity index (χ2n) is 4.42. The van der Waals surface area contributed by atoms with Crippen molar-refractivity contribution in [1.82, 2.24) is 4.72 Å². The molecule has 0 aliphatic carbocycles. The molecular formula is C11H10ClF6NO2S. The maximum Gasteiger partial charge on any atom is 0.402 e. The topological polar surface area (TPSA) is 46.2 Å². The first-order chi connectivity index (χ1) is 9.75. The number of hydrogen-bond acceptors (Lipinski definition) is 2. The molecule has 0 bridgehead atoms. The summed E-state index contributed by atoms with van der Waals surface area (Å²) in [7, 11) is -4.55. The predicted octanol–water partition coefficient (Wildman–Crippen LogP) is 3.75. The highest BCUT2D eigenvalue weighted by molar-refractivity contribution is 7.89. The molecular weight excluding hydrogens is 360 g/mol. The Balaban J connectivity index is 3.08. The molecule has 0 radical (unpaired) electrons. The van der Waals surface area contributed by atoms with Crippen molar-refractivity contribution in [1.29, 1.82) is 0 Å². The Morgan fingerprint density at radius 1 is 1.00 bits per heavy atom. The molecule has 3 nitrogen and oxygen atoms in total. The summed E-state index contributed by atoms with van der Waals surface area (Å²) < 4.78 is 100. The van der Waals surface area contributed by atoms with Crippen LogP contribution in [-0.2, 0) is 10.0 Å². The Morgan fingerprint density at radius 3 is 1.77 bits per heavy atom. The van der Waals surface area contributed by atoms with Gasteiger partial charge in [-0.2, -0.15) is 26.3 Å². The largest absolute Gasteiger partial charge is 0.402 e. The first-order valence-corrected chi connectivity index (χ1v) is 7.52.